The lowest BCUT2D eigenvalue weighted by molar-refractivity contribution is 0.311. The Bertz CT molecular complexity index is 694. The number of aliphatic imine (C=N–C) groups is 1. The summed E-state index contributed by atoms with van der Waals surface area (Å²) in [5.41, 5.74) is 0. The first kappa shape index (κ1) is 21.8. The number of hydrogen-bond donors (Lipinski definition) is 2. The van der Waals surface area contributed by atoms with Gasteiger partial charge >= 0.3 is 0 Å². The van der Waals surface area contributed by atoms with Crippen LogP contribution in [0.25, 0.3) is 0 Å². The molecule has 7 nitrogen and oxygen atoms in total. The number of aromatic nitrogens is 3. The minimum Gasteiger partial charge on any atom is -0.492 e. The van der Waals surface area contributed by atoms with E-state index in [1.807, 2.05) is 7.05 Å². The van der Waals surface area contributed by atoms with Gasteiger partial charge in [-0.15, -0.1) is 24.0 Å². The minimum atomic E-state index is 0. The van der Waals surface area contributed by atoms with E-state index in [1.54, 1.807) is 29.9 Å². The quantitative estimate of drug-likeness (QED) is 0.266. The van der Waals surface area contributed by atoms with E-state index in [4.69, 9.17) is 27.9 Å². The first-order valence-electron chi connectivity index (χ1n) is 7.45. The molecule has 0 radical (unpaired) electrons. The number of halogens is 3. The van der Waals surface area contributed by atoms with E-state index in [2.05, 4.69) is 25.7 Å². The van der Waals surface area contributed by atoms with Crippen LogP contribution in [0.2, 0.25) is 10.0 Å². The first-order chi connectivity index (χ1) is 11.6. The number of rotatable bonds is 7. The van der Waals surface area contributed by atoms with Crippen LogP contribution in [0.5, 0.6) is 5.75 Å². The molecule has 0 spiro atoms. The number of aryl methyl sites for hydroxylation is 1. The molecule has 0 unspecified atom stereocenters. The second kappa shape index (κ2) is 11.4. The molecule has 2 rings (SSSR count). The molecule has 0 aliphatic carbocycles. The Balaban J connectivity index is 0.00000312. The van der Waals surface area contributed by atoms with E-state index < -0.39 is 0 Å². The zero-order chi connectivity index (χ0) is 17.4. The van der Waals surface area contributed by atoms with Gasteiger partial charge in [0.15, 0.2) is 5.96 Å². The molecule has 0 aliphatic heterocycles. The highest BCUT2D eigenvalue weighted by atomic mass is 127. The number of nitrogens with zero attached hydrogens (tertiary/aromatic N) is 4. The number of nitrogens with one attached hydrogen (secondary N) is 2. The molecular formula is C15H21Cl2IN6O. The van der Waals surface area contributed by atoms with Gasteiger partial charge in [-0.25, -0.2) is 4.98 Å². The summed E-state index contributed by atoms with van der Waals surface area (Å²) in [6.07, 6.45) is 2.32. The van der Waals surface area contributed by atoms with Crippen molar-refractivity contribution >= 4 is 53.1 Å². The number of ether oxygens (including phenoxy) is 1. The van der Waals surface area contributed by atoms with Crippen molar-refractivity contribution in [1.29, 1.82) is 0 Å². The Labute approximate surface area is 174 Å². The van der Waals surface area contributed by atoms with Crippen molar-refractivity contribution in [1.82, 2.24) is 25.4 Å². The number of guanidine groups is 1. The fraction of sp³-hybridized carbons (Fsp3) is 0.400. The van der Waals surface area contributed by atoms with Gasteiger partial charge in [0, 0.05) is 25.7 Å². The molecule has 25 heavy (non-hydrogen) atoms. The molecule has 10 heteroatoms. The zero-order valence-electron chi connectivity index (χ0n) is 14.0. The Morgan fingerprint density at radius 2 is 2.12 bits per heavy atom. The maximum atomic E-state index is 6.05. The summed E-state index contributed by atoms with van der Waals surface area (Å²) in [5.74, 6) is 2.16. The van der Waals surface area contributed by atoms with Crippen LogP contribution in [0.3, 0.4) is 0 Å². The van der Waals surface area contributed by atoms with Crippen LogP contribution in [-0.2, 0) is 13.6 Å². The van der Waals surface area contributed by atoms with Gasteiger partial charge in [-0.3, -0.25) is 9.67 Å². The topological polar surface area (TPSA) is 76.4 Å². The molecule has 1 aromatic carbocycles. The van der Waals surface area contributed by atoms with Crippen molar-refractivity contribution in [2.45, 2.75) is 13.0 Å². The summed E-state index contributed by atoms with van der Waals surface area (Å²) in [4.78, 5) is 8.30. The van der Waals surface area contributed by atoms with Gasteiger partial charge in [-0.2, -0.15) is 5.10 Å². The van der Waals surface area contributed by atoms with E-state index in [1.165, 1.54) is 6.33 Å². The van der Waals surface area contributed by atoms with Gasteiger partial charge < -0.3 is 15.4 Å². The van der Waals surface area contributed by atoms with Crippen LogP contribution in [0.4, 0.5) is 0 Å². The zero-order valence-corrected chi connectivity index (χ0v) is 17.8. The highest BCUT2D eigenvalue weighted by Crippen LogP contribution is 2.27. The van der Waals surface area contributed by atoms with Crippen LogP contribution in [-0.4, -0.2) is 40.9 Å². The van der Waals surface area contributed by atoms with E-state index in [-0.39, 0.29) is 24.0 Å². The third kappa shape index (κ3) is 7.25. The standard InChI is InChI=1S/C15H20Cl2N6O.HI/c1-18-15(20-9-14-21-10-22-23(14)2)19-6-3-7-24-13-5-4-11(16)8-12(13)17;/h4-5,8,10H,3,6-7,9H2,1-2H3,(H2,18,19,20);1H. The van der Waals surface area contributed by atoms with Crippen molar-refractivity contribution in [2.75, 3.05) is 20.2 Å². The maximum Gasteiger partial charge on any atom is 0.191 e. The van der Waals surface area contributed by atoms with Gasteiger partial charge in [0.25, 0.3) is 0 Å². The Kier molecular flexibility index (Phi) is 9.91. The molecule has 138 valence electrons. The van der Waals surface area contributed by atoms with Gasteiger partial charge in [0.2, 0.25) is 0 Å². The van der Waals surface area contributed by atoms with Crippen molar-refractivity contribution in [3.63, 3.8) is 0 Å². The van der Waals surface area contributed by atoms with Crippen LogP contribution >= 0.6 is 47.2 Å². The highest BCUT2D eigenvalue weighted by molar-refractivity contribution is 14.0. The summed E-state index contributed by atoms with van der Waals surface area (Å²) in [5, 5.41) is 11.5. The Morgan fingerprint density at radius 3 is 2.76 bits per heavy atom. The molecule has 0 atom stereocenters. The predicted molar refractivity (Wildman–Crippen MR) is 111 cm³/mol. The SMILES string of the molecule is CN=C(NCCCOc1ccc(Cl)cc1Cl)NCc1ncnn1C.I. The molecule has 0 saturated carbocycles. The van der Waals surface area contributed by atoms with Gasteiger partial charge in [0.05, 0.1) is 18.2 Å². The third-order valence-corrected chi connectivity index (χ3v) is 3.74. The minimum absolute atomic E-state index is 0. The monoisotopic (exact) mass is 498 g/mol. The third-order valence-electron chi connectivity index (χ3n) is 3.21. The molecular weight excluding hydrogens is 478 g/mol. The Hall–Kier alpha value is -1.26. The molecule has 0 fully saturated rings. The maximum absolute atomic E-state index is 6.05. The van der Waals surface area contributed by atoms with Gasteiger partial charge in [0.1, 0.15) is 17.9 Å². The normalized spacial score (nSPS) is 11.0. The van der Waals surface area contributed by atoms with E-state index in [9.17, 15) is 0 Å². The molecule has 0 aliphatic rings. The van der Waals surface area contributed by atoms with Crippen molar-refractivity contribution in [2.24, 2.45) is 12.0 Å². The first-order valence-corrected chi connectivity index (χ1v) is 8.21. The summed E-state index contributed by atoms with van der Waals surface area (Å²) in [7, 11) is 3.56. The average Bonchev–Trinajstić information content (AvgIpc) is 2.97. The fourth-order valence-electron chi connectivity index (χ4n) is 1.92. The fourth-order valence-corrected chi connectivity index (χ4v) is 2.38. The van der Waals surface area contributed by atoms with Gasteiger partial charge in [-0.1, -0.05) is 23.2 Å². The Morgan fingerprint density at radius 1 is 1.32 bits per heavy atom. The van der Waals surface area contributed by atoms with Crippen molar-refractivity contribution < 1.29 is 4.74 Å². The molecule has 1 aromatic heterocycles. The lowest BCUT2D eigenvalue weighted by Crippen LogP contribution is -2.38. The van der Waals surface area contributed by atoms with Crippen molar-refractivity contribution in [3.05, 3.63) is 40.4 Å². The number of benzene rings is 1. The molecule has 2 aromatic rings. The molecule has 0 bridgehead atoms. The summed E-state index contributed by atoms with van der Waals surface area (Å²) >= 11 is 11.9. The summed E-state index contributed by atoms with van der Waals surface area (Å²) < 4.78 is 7.34. The van der Waals surface area contributed by atoms with E-state index in [0.717, 1.165) is 12.2 Å². The second-order valence-corrected chi connectivity index (χ2v) is 5.77. The van der Waals surface area contributed by atoms with Crippen LogP contribution < -0.4 is 15.4 Å². The number of hydrogen-bond acceptors (Lipinski definition) is 4. The molecule has 1 heterocycles. The van der Waals surface area contributed by atoms with Crippen LogP contribution in [0.1, 0.15) is 12.2 Å². The van der Waals surface area contributed by atoms with Crippen LogP contribution in [0, 0.1) is 0 Å². The predicted octanol–water partition coefficient (Wildman–Crippen LogP) is 2.87. The van der Waals surface area contributed by atoms with E-state index in [0.29, 0.717) is 41.5 Å². The van der Waals surface area contributed by atoms with E-state index >= 15 is 0 Å². The van der Waals surface area contributed by atoms with Gasteiger partial charge in [-0.05, 0) is 24.6 Å². The second-order valence-electron chi connectivity index (χ2n) is 4.93. The largest absolute Gasteiger partial charge is 0.492 e. The lowest BCUT2D eigenvalue weighted by Gasteiger charge is -2.12. The molecule has 0 saturated heterocycles. The highest BCUT2D eigenvalue weighted by Gasteiger charge is 2.04. The molecule has 0 amide bonds. The summed E-state index contributed by atoms with van der Waals surface area (Å²) in [6, 6.07) is 5.17. The lowest BCUT2D eigenvalue weighted by atomic mass is 10.3. The van der Waals surface area contributed by atoms with Crippen molar-refractivity contribution in [3.8, 4) is 5.75 Å². The smallest absolute Gasteiger partial charge is 0.191 e. The van der Waals surface area contributed by atoms with Crippen LogP contribution in [0.15, 0.2) is 29.5 Å². The average molecular weight is 499 g/mol. The molecule has 2 N–H and O–H groups in total. The summed E-state index contributed by atoms with van der Waals surface area (Å²) in [6.45, 7) is 1.80.